The van der Waals surface area contributed by atoms with Crippen molar-refractivity contribution < 1.29 is 9.53 Å². The number of benzene rings is 1. The summed E-state index contributed by atoms with van der Waals surface area (Å²) in [4.78, 5) is 21.4. The topological polar surface area (TPSA) is 50.6 Å². The van der Waals surface area contributed by atoms with Crippen LogP contribution in [-0.2, 0) is 18.4 Å². The van der Waals surface area contributed by atoms with Crippen LogP contribution in [0, 0.1) is 5.41 Å². The number of likely N-dealkylation sites (tertiary alicyclic amines) is 1. The first-order chi connectivity index (χ1) is 12.1. The van der Waals surface area contributed by atoms with Crippen molar-refractivity contribution in [1.29, 1.82) is 0 Å². The number of aromatic nitrogens is 2. The van der Waals surface area contributed by atoms with Gasteiger partial charge in [0, 0.05) is 56.1 Å². The Morgan fingerprint density at radius 1 is 1.32 bits per heavy atom. The summed E-state index contributed by atoms with van der Waals surface area (Å²) in [5, 5.41) is 0. The van der Waals surface area contributed by atoms with E-state index in [1.165, 1.54) is 0 Å². The van der Waals surface area contributed by atoms with Crippen molar-refractivity contribution in [1.82, 2.24) is 14.5 Å². The van der Waals surface area contributed by atoms with Gasteiger partial charge in [0.1, 0.15) is 11.6 Å². The second kappa shape index (κ2) is 6.19. The fraction of sp³-hybridized carbons (Fsp3) is 0.474. The third kappa shape index (κ3) is 3.02. The molecule has 1 amide bonds. The number of aryl methyl sites for hydroxylation is 1. The van der Waals surface area contributed by atoms with Crippen LogP contribution in [0.15, 0.2) is 36.7 Å². The maximum Gasteiger partial charge on any atom is 0.227 e. The lowest BCUT2D eigenvalue weighted by atomic mass is 9.86. The Labute approximate surface area is 148 Å². The monoisotopic (exact) mass is 340 g/mol. The molecule has 1 aromatic heterocycles. The summed E-state index contributed by atoms with van der Waals surface area (Å²) in [6, 6.07) is 7.77. The van der Waals surface area contributed by atoms with Gasteiger partial charge in [-0.3, -0.25) is 9.69 Å². The summed E-state index contributed by atoms with van der Waals surface area (Å²) in [5.41, 5.74) is 0.995. The zero-order valence-electron chi connectivity index (χ0n) is 14.8. The zero-order valence-corrected chi connectivity index (χ0v) is 14.8. The lowest BCUT2D eigenvalue weighted by molar-refractivity contribution is -0.117. The highest BCUT2D eigenvalue weighted by Crippen LogP contribution is 2.42. The minimum atomic E-state index is 0.0608. The highest BCUT2D eigenvalue weighted by molar-refractivity contribution is 5.96. The molecule has 0 radical (unpaired) electrons. The van der Waals surface area contributed by atoms with Gasteiger partial charge in [0.2, 0.25) is 5.91 Å². The number of rotatable bonds is 4. The molecule has 0 bridgehead atoms. The van der Waals surface area contributed by atoms with Crippen molar-refractivity contribution in [2.24, 2.45) is 12.5 Å². The van der Waals surface area contributed by atoms with Crippen LogP contribution >= 0.6 is 0 Å². The van der Waals surface area contributed by atoms with Crippen molar-refractivity contribution in [2.45, 2.75) is 19.4 Å². The maximum atomic E-state index is 12.7. The van der Waals surface area contributed by atoms with Crippen LogP contribution in [-0.4, -0.2) is 47.1 Å². The van der Waals surface area contributed by atoms with Crippen molar-refractivity contribution in [3.63, 3.8) is 0 Å². The second-order valence-corrected chi connectivity index (χ2v) is 7.27. The van der Waals surface area contributed by atoms with E-state index < -0.39 is 0 Å². The molecule has 0 saturated carbocycles. The Kier molecular flexibility index (Phi) is 4.00. The van der Waals surface area contributed by atoms with Gasteiger partial charge in [-0.15, -0.1) is 0 Å². The molecule has 0 N–H and O–H groups in total. The standard InChI is InChI=1S/C19H24N4O2/c1-21-9-7-20-17(21)12-22-8-6-19(13-22)11-18(24)23(14-19)15-4-3-5-16(10-15)25-2/h3-5,7,9-10H,6,8,11-14H2,1-2H3. The lowest BCUT2D eigenvalue weighted by Gasteiger charge is -2.24. The van der Waals surface area contributed by atoms with E-state index in [9.17, 15) is 4.79 Å². The molecule has 6 heteroatoms. The van der Waals surface area contributed by atoms with Crippen LogP contribution in [0.25, 0.3) is 0 Å². The SMILES string of the molecule is COc1cccc(N2CC3(CCN(Cc4nccn4C)C3)CC2=O)c1. The van der Waals surface area contributed by atoms with Crippen LogP contribution < -0.4 is 9.64 Å². The van der Waals surface area contributed by atoms with Gasteiger partial charge in [-0.05, 0) is 25.1 Å². The van der Waals surface area contributed by atoms with Crippen LogP contribution in [0.5, 0.6) is 5.75 Å². The van der Waals surface area contributed by atoms with E-state index in [0.29, 0.717) is 6.42 Å². The minimum absolute atomic E-state index is 0.0608. The summed E-state index contributed by atoms with van der Waals surface area (Å²) in [6.45, 7) is 3.60. The molecule has 0 aliphatic carbocycles. The Balaban J connectivity index is 1.47. The Morgan fingerprint density at radius 3 is 2.96 bits per heavy atom. The highest BCUT2D eigenvalue weighted by Gasteiger charge is 2.47. The van der Waals surface area contributed by atoms with Gasteiger partial charge < -0.3 is 14.2 Å². The highest BCUT2D eigenvalue weighted by atomic mass is 16.5. The normalized spacial score (nSPS) is 23.8. The third-order valence-corrected chi connectivity index (χ3v) is 5.49. The predicted molar refractivity (Wildman–Crippen MR) is 95.5 cm³/mol. The number of anilines is 1. The van der Waals surface area contributed by atoms with Gasteiger partial charge >= 0.3 is 0 Å². The number of carbonyl (C=O) groups excluding carboxylic acids is 1. The quantitative estimate of drug-likeness (QED) is 0.855. The smallest absolute Gasteiger partial charge is 0.227 e. The Bertz CT molecular complexity index is 787. The summed E-state index contributed by atoms with van der Waals surface area (Å²) >= 11 is 0. The largest absolute Gasteiger partial charge is 0.497 e. The van der Waals surface area contributed by atoms with Gasteiger partial charge in [0.25, 0.3) is 0 Å². The molecule has 2 fully saturated rings. The molecule has 2 aliphatic rings. The first-order valence-corrected chi connectivity index (χ1v) is 8.72. The van der Waals surface area contributed by atoms with Crippen LogP contribution in [0.4, 0.5) is 5.69 Å². The first-order valence-electron chi connectivity index (χ1n) is 8.72. The van der Waals surface area contributed by atoms with E-state index in [0.717, 1.165) is 49.9 Å². The van der Waals surface area contributed by atoms with E-state index >= 15 is 0 Å². The number of hydrogen-bond acceptors (Lipinski definition) is 4. The summed E-state index contributed by atoms with van der Waals surface area (Å²) < 4.78 is 7.36. The van der Waals surface area contributed by atoms with Gasteiger partial charge in [-0.1, -0.05) is 6.07 Å². The fourth-order valence-corrected chi connectivity index (χ4v) is 4.09. The van der Waals surface area contributed by atoms with E-state index in [2.05, 4.69) is 14.5 Å². The zero-order chi connectivity index (χ0) is 17.4. The Morgan fingerprint density at radius 2 is 2.20 bits per heavy atom. The van der Waals surface area contributed by atoms with E-state index in [1.807, 2.05) is 48.6 Å². The summed E-state index contributed by atoms with van der Waals surface area (Å²) in [6.07, 6.45) is 5.50. The molecule has 1 unspecified atom stereocenters. The molecule has 2 aromatic rings. The molecule has 25 heavy (non-hydrogen) atoms. The maximum absolute atomic E-state index is 12.7. The van der Waals surface area contributed by atoms with E-state index in [1.54, 1.807) is 7.11 Å². The van der Waals surface area contributed by atoms with Crippen molar-refractivity contribution in [3.8, 4) is 5.75 Å². The molecular weight excluding hydrogens is 316 g/mol. The number of hydrogen-bond donors (Lipinski definition) is 0. The van der Waals surface area contributed by atoms with Crippen LogP contribution in [0.2, 0.25) is 0 Å². The molecule has 132 valence electrons. The number of amides is 1. The minimum Gasteiger partial charge on any atom is -0.497 e. The lowest BCUT2D eigenvalue weighted by Crippen LogP contribution is -2.31. The second-order valence-electron chi connectivity index (χ2n) is 7.27. The first kappa shape index (κ1) is 16.1. The average Bonchev–Trinajstić information content (AvgIpc) is 3.29. The van der Waals surface area contributed by atoms with E-state index in [4.69, 9.17) is 4.74 Å². The van der Waals surface area contributed by atoms with Crippen molar-refractivity contribution >= 4 is 11.6 Å². The molecule has 1 atom stereocenters. The number of nitrogens with zero attached hydrogens (tertiary/aromatic N) is 4. The van der Waals surface area contributed by atoms with Gasteiger partial charge in [-0.25, -0.2) is 4.98 Å². The average molecular weight is 340 g/mol. The van der Waals surface area contributed by atoms with Crippen molar-refractivity contribution in [2.75, 3.05) is 31.6 Å². The number of carbonyl (C=O) groups is 1. The molecule has 4 rings (SSSR count). The van der Waals surface area contributed by atoms with Gasteiger partial charge in [0.15, 0.2) is 0 Å². The number of ether oxygens (including phenoxy) is 1. The molecule has 1 aromatic carbocycles. The number of methoxy groups -OCH3 is 1. The molecule has 2 aliphatic heterocycles. The van der Waals surface area contributed by atoms with Crippen molar-refractivity contribution in [3.05, 3.63) is 42.5 Å². The summed E-state index contributed by atoms with van der Waals surface area (Å²) in [5.74, 6) is 2.08. The predicted octanol–water partition coefficient (Wildman–Crippen LogP) is 2.06. The fourth-order valence-electron chi connectivity index (χ4n) is 4.09. The van der Waals surface area contributed by atoms with Gasteiger partial charge in [0.05, 0.1) is 13.7 Å². The summed E-state index contributed by atoms with van der Waals surface area (Å²) in [7, 11) is 3.68. The third-order valence-electron chi connectivity index (χ3n) is 5.49. The molecule has 6 nitrogen and oxygen atoms in total. The van der Waals surface area contributed by atoms with Crippen LogP contribution in [0.3, 0.4) is 0 Å². The van der Waals surface area contributed by atoms with E-state index in [-0.39, 0.29) is 11.3 Å². The Hall–Kier alpha value is -2.34. The molecule has 1 spiro atoms. The molecule has 2 saturated heterocycles. The van der Waals surface area contributed by atoms with Crippen LogP contribution in [0.1, 0.15) is 18.7 Å². The molecule has 3 heterocycles. The molecular formula is C19H24N4O2. The van der Waals surface area contributed by atoms with Gasteiger partial charge in [-0.2, -0.15) is 0 Å². The number of imidazole rings is 1.